The molecule has 0 radical (unpaired) electrons. The molecule has 0 aliphatic rings. The molecule has 0 unspecified atom stereocenters. The number of para-hydroxylation sites is 1. The minimum Gasteiger partial charge on any atom is -0.360 e. The van der Waals surface area contributed by atoms with Crippen molar-refractivity contribution in [1.29, 1.82) is 0 Å². The van der Waals surface area contributed by atoms with Gasteiger partial charge in [-0.05, 0) is 17.7 Å². The summed E-state index contributed by atoms with van der Waals surface area (Å²) in [6, 6.07) is 18.8. The van der Waals surface area contributed by atoms with E-state index in [9.17, 15) is 10.1 Å². The van der Waals surface area contributed by atoms with Gasteiger partial charge in [0.2, 0.25) is 11.6 Å². The highest BCUT2D eigenvalue weighted by Crippen LogP contribution is 2.31. The summed E-state index contributed by atoms with van der Waals surface area (Å²) in [6.07, 6.45) is 1.30. The van der Waals surface area contributed by atoms with Gasteiger partial charge in [-0.15, -0.1) is 0 Å². The van der Waals surface area contributed by atoms with Gasteiger partial charge in [-0.1, -0.05) is 48.5 Å². The molecule has 0 bridgehead atoms. The summed E-state index contributed by atoms with van der Waals surface area (Å²) in [6.45, 7) is 0.434. The third-order valence-corrected chi connectivity index (χ3v) is 3.34. The molecule has 7 heteroatoms. The van der Waals surface area contributed by atoms with Crippen LogP contribution in [0.15, 0.2) is 67.0 Å². The van der Waals surface area contributed by atoms with E-state index >= 15 is 0 Å². The summed E-state index contributed by atoms with van der Waals surface area (Å²) >= 11 is 0. The van der Waals surface area contributed by atoms with E-state index in [-0.39, 0.29) is 17.3 Å². The fraction of sp³-hybridized carbons (Fsp3) is 0.0588. The Labute approximate surface area is 138 Å². The molecule has 0 fully saturated rings. The molecule has 0 atom stereocenters. The number of nitrogens with one attached hydrogen (secondary N) is 2. The quantitative estimate of drug-likeness (QED) is 0.530. The lowest BCUT2D eigenvalue weighted by molar-refractivity contribution is -0.383. The molecular weight excluding hydrogens is 306 g/mol. The predicted octanol–water partition coefficient (Wildman–Crippen LogP) is 3.74. The third-order valence-electron chi connectivity index (χ3n) is 3.34. The molecule has 1 aromatic heterocycles. The average molecular weight is 321 g/mol. The largest absolute Gasteiger partial charge is 0.360 e. The minimum absolute atomic E-state index is 0.150. The SMILES string of the molecule is O=[N+]([O-])c1c(NCc2ccccc2)ncnc1Nc1ccccc1. The van der Waals surface area contributed by atoms with Crippen LogP contribution in [-0.2, 0) is 6.54 Å². The van der Waals surface area contributed by atoms with Crippen molar-refractivity contribution >= 4 is 23.0 Å². The van der Waals surface area contributed by atoms with Gasteiger partial charge in [0, 0.05) is 12.2 Å². The summed E-state index contributed by atoms with van der Waals surface area (Å²) in [5.41, 5.74) is 1.54. The second kappa shape index (κ2) is 7.19. The maximum atomic E-state index is 11.5. The molecular formula is C17H15N5O2. The van der Waals surface area contributed by atoms with Gasteiger partial charge in [0.15, 0.2) is 0 Å². The molecule has 0 spiro atoms. The van der Waals surface area contributed by atoms with Gasteiger partial charge in [-0.2, -0.15) is 0 Å². The average Bonchev–Trinajstić information content (AvgIpc) is 2.61. The highest BCUT2D eigenvalue weighted by Gasteiger charge is 2.22. The van der Waals surface area contributed by atoms with Crippen LogP contribution in [0, 0.1) is 10.1 Å². The number of nitrogens with zero attached hydrogens (tertiary/aromatic N) is 3. The number of nitro groups is 1. The van der Waals surface area contributed by atoms with Crippen molar-refractivity contribution in [1.82, 2.24) is 9.97 Å². The molecule has 0 aliphatic heterocycles. The van der Waals surface area contributed by atoms with Crippen molar-refractivity contribution in [2.75, 3.05) is 10.6 Å². The number of anilines is 3. The van der Waals surface area contributed by atoms with E-state index in [0.717, 1.165) is 5.56 Å². The zero-order chi connectivity index (χ0) is 16.8. The van der Waals surface area contributed by atoms with Gasteiger partial charge >= 0.3 is 5.69 Å². The topological polar surface area (TPSA) is 93.0 Å². The Balaban J connectivity index is 1.86. The van der Waals surface area contributed by atoms with Crippen LogP contribution in [-0.4, -0.2) is 14.9 Å². The van der Waals surface area contributed by atoms with Crippen molar-refractivity contribution in [2.24, 2.45) is 0 Å². The fourth-order valence-electron chi connectivity index (χ4n) is 2.21. The van der Waals surface area contributed by atoms with E-state index in [2.05, 4.69) is 20.6 Å². The van der Waals surface area contributed by atoms with Gasteiger partial charge in [0.05, 0.1) is 4.92 Å². The number of aromatic nitrogens is 2. The molecule has 3 aromatic rings. The highest BCUT2D eigenvalue weighted by atomic mass is 16.6. The molecule has 2 aromatic carbocycles. The number of hydrogen-bond acceptors (Lipinski definition) is 6. The molecule has 0 saturated carbocycles. The Kier molecular flexibility index (Phi) is 4.62. The van der Waals surface area contributed by atoms with Crippen molar-refractivity contribution in [3.05, 3.63) is 82.7 Å². The zero-order valence-corrected chi connectivity index (χ0v) is 12.7. The van der Waals surface area contributed by atoms with Crippen LogP contribution in [0.1, 0.15) is 5.56 Å². The van der Waals surface area contributed by atoms with Crippen LogP contribution in [0.3, 0.4) is 0 Å². The van der Waals surface area contributed by atoms with Crippen molar-refractivity contribution < 1.29 is 4.92 Å². The van der Waals surface area contributed by atoms with Crippen molar-refractivity contribution in [3.8, 4) is 0 Å². The number of rotatable bonds is 6. The van der Waals surface area contributed by atoms with Crippen molar-refractivity contribution in [2.45, 2.75) is 6.54 Å². The maximum absolute atomic E-state index is 11.5. The van der Waals surface area contributed by atoms with E-state index < -0.39 is 4.92 Å². The molecule has 1 heterocycles. The Morgan fingerprint density at radius 3 is 2.21 bits per heavy atom. The smallest absolute Gasteiger partial charge is 0.353 e. The molecule has 7 nitrogen and oxygen atoms in total. The molecule has 3 rings (SSSR count). The Morgan fingerprint density at radius 1 is 0.917 bits per heavy atom. The van der Waals surface area contributed by atoms with E-state index in [1.54, 1.807) is 0 Å². The minimum atomic E-state index is -0.487. The van der Waals surface area contributed by atoms with Gasteiger partial charge in [0.1, 0.15) is 6.33 Å². The van der Waals surface area contributed by atoms with E-state index in [0.29, 0.717) is 12.2 Å². The Bertz CT molecular complexity index is 825. The predicted molar refractivity (Wildman–Crippen MR) is 92.2 cm³/mol. The van der Waals surface area contributed by atoms with Gasteiger partial charge in [-0.3, -0.25) is 10.1 Å². The van der Waals surface area contributed by atoms with E-state index in [1.165, 1.54) is 6.33 Å². The maximum Gasteiger partial charge on any atom is 0.353 e. The molecule has 0 amide bonds. The van der Waals surface area contributed by atoms with Crippen molar-refractivity contribution in [3.63, 3.8) is 0 Å². The zero-order valence-electron chi connectivity index (χ0n) is 12.7. The van der Waals surface area contributed by atoms with Crippen LogP contribution in [0.25, 0.3) is 0 Å². The van der Waals surface area contributed by atoms with E-state index in [4.69, 9.17) is 0 Å². The number of hydrogen-bond donors (Lipinski definition) is 2. The first-order valence-corrected chi connectivity index (χ1v) is 7.33. The molecule has 24 heavy (non-hydrogen) atoms. The lowest BCUT2D eigenvalue weighted by Gasteiger charge is -2.10. The standard InChI is InChI=1S/C17H15N5O2/c23-22(24)15-16(18-11-13-7-3-1-4-8-13)19-12-20-17(15)21-14-9-5-2-6-10-14/h1-10,12H,11H2,(H2,18,19,20,21). The van der Waals surface area contributed by atoms with Gasteiger partial charge in [-0.25, -0.2) is 9.97 Å². The van der Waals surface area contributed by atoms with Crippen LogP contribution in [0.5, 0.6) is 0 Å². The monoisotopic (exact) mass is 321 g/mol. The number of benzene rings is 2. The van der Waals surface area contributed by atoms with Gasteiger partial charge in [0.25, 0.3) is 0 Å². The lowest BCUT2D eigenvalue weighted by atomic mass is 10.2. The normalized spacial score (nSPS) is 10.2. The molecule has 0 saturated heterocycles. The second-order valence-electron chi connectivity index (χ2n) is 5.01. The van der Waals surface area contributed by atoms with Gasteiger partial charge < -0.3 is 10.6 Å². The first-order chi connectivity index (χ1) is 11.7. The Morgan fingerprint density at radius 2 is 1.54 bits per heavy atom. The summed E-state index contributed by atoms with van der Waals surface area (Å²) in [5, 5.41) is 17.5. The first kappa shape index (κ1) is 15.4. The van der Waals surface area contributed by atoms with E-state index in [1.807, 2.05) is 60.7 Å². The van der Waals surface area contributed by atoms with Crippen LogP contribution in [0.2, 0.25) is 0 Å². The van der Waals surface area contributed by atoms with Crippen LogP contribution < -0.4 is 10.6 Å². The fourth-order valence-corrected chi connectivity index (χ4v) is 2.21. The first-order valence-electron chi connectivity index (χ1n) is 7.33. The molecule has 2 N–H and O–H groups in total. The second-order valence-corrected chi connectivity index (χ2v) is 5.01. The van der Waals surface area contributed by atoms with Crippen LogP contribution >= 0.6 is 0 Å². The third kappa shape index (κ3) is 3.64. The lowest BCUT2D eigenvalue weighted by Crippen LogP contribution is -2.08. The highest BCUT2D eigenvalue weighted by molar-refractivity contribution is 5.73. The summed E-state index contributed by atoms with van der Waals surface area (Å²) in [7, 11) is 0. The molecule has 0 aliphatic carbocycles. The Hall–Kier alpha value is -3.48. The summed E-state index contributed by atoms with van der Waals surface area (Å²) in [5.74, 6) is 0.328. The molecule has 120 valence electrons. The summed E-state index contributed by atoms with van der Waals surface area (Å²) < 4.78 is 0. The summed E-state index contributed by atoms with van der Waals surface area (Å²) in [4.78, 5) is 19.0. The van der Waals surface area contributed by atoms with Crippen LogP contribution in [0.4, 0.5) is 23.0 Å².